The normalized spacial score (nSPS) is 13.7. The third-order valence-electron chi connectivity index (χ3n) is 2.35. The van der Waals surface area contributed by atoms with Gasteiger partial charge in [0.2, 0.25) is 5.91 Å². The van der Waals surface area contributed by atoms with Crippen molar-refractivity contribution in [2.45, 2.75) is 19.1 Å². The number of benzene rings is 1. The molecule has 0 aliphatic rings. The van der Waals surface area contributed by atoms with Crippen LogP contribution in [0.25, 0.3) is 0 Å². The molecule has 0 heterocycles. The molecule has 0 fully saturated rings. The van der Waals surface area contributed by atoms with Gasteiger partial charge in [0, 0.05) is 16.5 Å². The number of carbonyl (C=O) groups is 2. The summed E-state index contributed by atoms with van der Waals surface area (Å²) in [6.07, 6.45) is 0. The Balaban J connectivity index is 2.54. The molecule has 0 spiro atoms. The van der Waals surface area contributed by atoms with Gasteiger partial charge >= 0.3 is 5.97 Å². The fourth-order valence-electron chi connectivity index (χ4n) is 1.20. The first-order chi connectivity index (χ1) is 8.40. The number of rotatable bonds is 5. The van der Waals surface area contributed by atoms with Gasteiger partial charge in [0.1, 0.15) is 11.0 Å². The van der Waals surface area contributed by atoms with Crippen LogP contribution in [0, 0.1) is 6.92 Å². The zero-order valence-corrected chi connectivity index (χ0v) is 11.0. The summed E-state index contributed by atoms with van der Waals surface area (Å²) in [5.41, 5.74) is 1.67. The van der Waals surface area contributed by atoms with Gasteiger partial charge in [-0.2, -0.15) is 0 Å². The first-order valence-corrected chi connectivity index (χ1v) is 6.75. The minimum absolute atomic E-state index is 0.318. The van der Waals surface area contributed by atoms with E-state index >= 15 is 0 Å². The molecular formula is C12H15NO4S. The van der Waals surface area contributed by atoms with E-state index in [9.17, 15) is 13.8 Å². The first kappa shape index (κ1) is 14.4. The molecule has 0 radical (unpaired) electrons. The molecule has 0 aromatic heterocycles. The molecule has 1 aromatic carbocycles. The number of nitrogens with one attached hydrogen (secondary N) is 1. The van der Waals surface area contributed by atoms with Crippen molar-refractivity contribution in [1.82, 2.24) is 0 Å². The number of carboxylic acids is 1. The van der Waals surface area contributed by atoms with Gasteiger partial charge in [0.15, 0.2) is 0 Å². The molecule has 0 bridgehead atoms. The highest BCUT2D eigenvalue weighted by Gasteiger charge is 2.21. The minimum atomic E-state index is -1.71. The molecule has 1 amide bonds. The van der Waals surface area contributed by atoms with E-state index in [2.05, 4.69) is 5.32 Å². The van der Waals surface area contributed by atoms with Crippen LogP contribution in [0.15, 0.2) is 24.3 Å². The second-order valence-electron chi connectivity index (χ2n) is 3.92. The topological polar surface area (TPSA) is 83.5 Å². The quantitative estimate of drug-likeness (QED) is 0.840. The van der Waals surface area contributed by atoms with Crippen LogP contribution in [0.1, 0.15) is 12.5 Å². The van der Waals surface area contributed by atoms with E-state index in [1.54, 1.807) is 12.1 Å². The average Bonchev–Trinajstić information content (AvgIpc) is 2.30. The van der Waals surface area contributed by atoms with Crippen LogP contribution >= 0.6 is 0 Å². The van der Waals surface area contributed by atoms with Crippen LogP contribution in [0.4, 0.5) is 5.69 Å². The predicted octanol–water partition coefficient (Wildman–Crippen LogP) is 1.16. The summed E-state index contributed by atoms with van der Waals surface area (Å²) >= 11 is 0. The van der Waals surface area contributed by atoms with Crippen LogP contribution in [0.2, 0.25) is 0 Å². The summed E-state index contributed by atoms with van der Waals surface area (Å²) in [5.74, 6) is -1.94. The molecule has 0 aliphatic heterocycles. The lowest BCUT2D eigenvalue weighted by atomic mass is 10.2. The highest BCUT2D eigenvalue weighted by Crippen LogP contribution is 2.08. The zero-order chi connectivity index (χ0) is 13.7. The van der Waals surface area contributed by atoms with Gasteiger partial charge in [-0.05, 0) is 26.0 Å². The molecular weight excluding hydrogens is 254 g/mol. The van der Waals surface area contributed by atoms with Crippen LogP contribution in [-0.2, 0) is 20.4 Å². The van der Waals surface area contributed by atoms with Crippen molar-refractivity contribution in [3.8, 4) is 0 Å². The van der Waals surface area contributed by atoms with E-state index in [-0.39, 0.29) is 5.75 Å². The molecule has 0 saturated heterocycles. The lowest BCUT2D eigenvalue weighted by Gasteiger charge is -2.07. The lowest BCUT2D eigenvalue weighted by molar-refractivity contribution is -0.136. The molecule has 5 nitrogen and oxygen atoms in total. The summed E-state index contributed by atoms with van der Waals surface area (Å²) in [5, 5.41) is 10.2. The lowest BCUT2D eigenvalue weighted by Crippen LogP contribution is -2.29. The standard InChI is InChI=1S/C12H15NO4S/c1-8-3-5-10(6-4-8)13-11(14)7-18(17)9(2)12(15)16/h3-6,9H,7H2,1-2H3,(H,13,14)(H,15,16). The Bertz CT molecular complexity index is 469. The van der Waals surface area contributed by atoms with Crippen molar-refractivity contribution in [2.75, 3.05) is 11.1 Å². The Hall–Kier alpha value is -1.69. The summed E-state index contributed by atoms with van der Waals surface area (Å²) in [6.45, 7) is 3.24. The number of carboxylic acid groups (broad SMARTS) is 1. The van der Waals surface area contributed by atoms with Crippen molar-refractivity contribution < 1.29 is 18.9 Å². The Morgan fingerprint density at radius 3 is 2.39 bits per heavy atom. The van der Waals surface area contributed by atoms with E-state index in [0.29, 0.717) is 5.69 Å². The van der Waals surface area contributed by atoms with Crippen molar-refractivity contribution in [2.24, 2.45) is 0 Å². The summed E-state index contributed by atoms with van der Waals surface area (Å²) in [6, 6.07) is 7.15. The smallest absolute Gasteiger partial charge is 0.318 e. The monoisotopic (exact) mass is 269 g/mol. The van der Waals surface area contributed by atoms with Gasteiger partial charge in [0.25, 0.3) is 0 Å². The van der Waals surface area contributed by atoms with Crippen molar-refractivity contribution in [3.63, 3.8) is 0 Å². The molecule has 0 saturated carbocycles. The molecule has 6 heteroatoms. The molecule has 1 aromatic rings. The molecule has 2 N–H and O–H groups in total. The maximum Gasteiger partial charge on any atom is 0.318 e. The molecule has 1 rings (SSSR count). The fraction of sp³-hybridized carbons (Fsp3) is 0.333. The van der Waals surface area contributed by atoms with E-state index in [1.165, 1.54) is 6.92 Å². The van der Waals surface area contributed by atoms with Crippen LogP contribution in [0.3, 0.4) is 0 Å². The number of carbonyl (C=O) groups excluding carboxylic acids is 1. The largest absolute Gasteiger partial charge is 0.480 e. The third-order valence-corrected chi connectivity index (χ3v) is 3.89. The Labute approximate surface area is 108 Å². The molecule has 98 valence electrons. The van der Waals surface area contributed by atoms with Crippen LogP contribution < -0.4 is 5.32 Å². The number of amides is 1. The van der Waals surface area contributed by atoms with Gasteiger partial charge in [-0.15, -0.1) is 0 Å². The molecule has 2 unspecified atom stereocenters. The predicted molar refractivity (Wildman–Crippen MR) is 69.9 cm³/mol. The van der Waals surface area contributed by atoms with Crippen LogP contribution in [-0.4, -0.2) is 32.2 Å². The van der Waals surface area contributed by atoms with E-state index < -0.39 is 27.9 Å². The van der Waals surface area contributed by atoms with Crippen molar-refractivity contribution in [3.05, 3.63) is 29.8 Å². The van der Waals surface area contributed by atoms with Gasteiger partial charge < -0.3 is 10.4 Å². The van der Waals surface area contributed by atoms with Crippen molar-refractivity contribution in [1.29, 1.82) is 0 Å². The van der Waals surface area contributed by atoms with Gasteiger partial charge in [-0.25, -0.2) is 0 Å². The Kier molecular flexibility index (Phi) is 5.03. The Morgan fingerprint density at radius 1 is 1.33 bits per heavy atom. The van der Waals surface area contributed by atoms with Crippen LogP contribution in [0.5, 0.6) is 0 Å². The number of aliphatic carboxylic acids is 1. The van der Waals surface area contributed by atoms with E-state index in [0.717, 1.165) is 5.56 Å². The second-order valence-corrected chi connectivity index (χ2v) is 5.68. The summed E-state index contributed by atoms with van der Waals surface area (Å²) in [7, 11) is -1.71. The molecule has 2 atom stereocenters. The number of hydrogen-bond donors (Lipinski definition) is 2. The number of hydrogen-bond acceptors (Lipinski definition) is 3. The summed E-state index contributed by atoms with van der Waals surface area (Å²) in [4.78, 5) is 22.1. The highest BCUT2D eigenvalue weighted by atomic mass is 32.2. The van der Waals surface area contributed by atoms with E-state index in [4.69, 9.17) is 5.11 Å². The van der Waals surface area contributed by atoms with Gasteiger partial charge in [-0.1, -0.05) is 17.7 Å². The summed E-state index contributed by atoms with van der Waals surface area (Å²) < 4.78 is 11.5. The highest BCUT2D eigenvalue weighted by molar-refractivity contribution is 7.87. The third kappa shape index (κ3) is 4.29. The maximum absolute atomic E-state index is 11.5. The van der Waals surface area contributed by atoms with Gasteiger partial charge in [-0.3, -0.25) is 13.8 Å². The maximum atomic E-state index is 11.5. The number of anilines is 1. The molecule has 18 heavy (non-hydrogen) atoms. The molecule has 0 aliphatic carbocycles. The second kappa shape index (κ2) is 6.30. The fourth-order valence-corrected chi connectivity index (χ4v) is 2.01. The minimum Gasteiger partial charge on any atom is -0.480 e. The Morgan fingerprint density at radius 2 is 1.89 bits per heavy atom. The first-order valence-electron chi connectivity index (χ1n) is 5.36. The average molecular weight is 269 g/mol. The van der Waals surface area contributed by atoms with Crippen molar-refractivity contribution >= 4 is 28.4 Å². The number of aryl methyl sites for hydroxylation is 1. The zero-order valence-electron chi connectivity index (χ0n) is 10.2. The van der Waals surface area contributed by atoms with E-state index in [1.807, 2.05) is 19.1 Å². The van der Waals surface area contributed by atoms with Gasteiger partial charge in [0.05, 0.1) is 0 Å². The SMILES string of the molecule is Cc1ccc(NC(=O)CS(=O)C(C)C(=O)O)cc1.